The molecule has 1 aromatic carbocycles. The van der Waals surface area contributed by atoms with E-state index in [1.54, 1.807) is 0 Å². The molecule has 0 atom stereocenters. The molecule has 0 spiro atoms. The Kier molecular flexibility index (Phi) is 8.34. The van der Waals surface area contributed by atoms with E-state index < -0.39 is 5.97 Å². The third-order valence-electron chi connectivity index (χ3n) is 6.63. The monoisotopic (exact) mass is 604 g/mol. The number of likely N-dealkylation sites (tertiary alicyclic amines) is 1. The van der Waals surface area contributed by atoms with Crippen LogP contribution in [0.4, 0.5) is 5.82 Å². The Balaban J connectivity index is 1.26. The van der Waals surface area contributed by atoms with E-state index in [1.165, 1.54) is 25.0 Å². The SMILES string of the molecule is CC(=O)OCC(=O)CN1CCC(CCn2c(Sc3cc4c(cc3Br)OCCO4)nc3c(N)ncnc32)CC1. The molecule has 2 aromatic heterocycles. The largest absolute Gasteiger partial charge is 0.486 e. The van der Waals surface area contributed by atoms with Crippen LogP contribution in [0.15, 0.2) is 33.0 Å². The molecule has 11 nitrogen and oxygen atoms in total. The van der Waals surface area contributed by atoms with Crippen molar-refractivity contribution in [1.82, 2.24) is 24.4 Å². The highest BCUT2D eigenvalue weighted by atomic mass is 79.9. The number of fused-ring (bicyclic) bond motifs is 2. The Bertz CT molecular complexity index is 1340. The fraction of sp³-hybridized carbons (Fsp3) is 0.480. The summed E-state index contributed by atoms with van der Waals surface area (Å²) in [5.41, 5.74) is 7.44. The lowest BCUT2D eigenvalue weighted by atomic mass is 9.93. The van der Waals surface area contributed by atoms with Crippen molar-refractivity contribution < 1.29 is 23.8 Å². The fourth-order valence-electron chi connectivity index (χ4n) is 4.66. The number of hydrogen-bond acceptors (Lipinski definition) is 11. The van der Waals surface area contributed by atoms with Gasteiger partial charge in [0.05, 0.1) is 6.54 Å². The topological polar surface area (TPSA) is 135 Å². The molecule has 13 heteroatoms. The number of carbonyl (C=O) groups excluding carboxylic acids is 2. The minimum absolute atomic E-state index is 0.0761. The maximum absolute atomic E-state index is 12.0. The minimum atomic E-state index is -0.435. The molecule has 4 heterocycles. The normalized spacial score (nSPS) is 16.1. The van der Waals surface area contributed by atoms with Crippen LogP contribution in [0.25, 0.3) is 11.2 Å². The number of halogens is 1. The van der Waals surface area contributed by atoms with E-state index >= 15 is 0 Å². The summed E-state index contributed by atoms with van der Waals surface area (Å²) in [6.45, 7) is 4.91. The number of Topliss-reactive ketones (excluding diaryl/α,β-unsaturated/α-hetero) is 1. The number of aryl methyl sites for hydroxylation is 1. The molecule has 38 heavy (non-hydrogen) atoms. The van der Waals surface area contributed by atoms with Gasteiger partial charge < -0.3 is 24.5 Å². The minimum Gasteiger partial charge on any atom is -0.486 e. The van der Waals surface area contributed by atoms with Crippen molar-refractivity contribution in [3.63, 3.8) is 0 Å². The molecule has 0 amide bonds. The Morgan fingerprint density at radius 3 is 2.66 bits per heavy atom. The maximum Gasteiger partial charge on any atom is 0.303 e. The van der Waals surface area contributed by atoms with Gasteiger partial charge in [-0.3, -0.25) is 14.5 Å². The van der Waals surface area contributed by atoms with Crippen LogP contribution < -0.4 is 15.2 Å². The summed E-state index contributed by atoms with van der Waals surface area (Å²) in [5.74, 6) is 1.77. The summed E-state index contributed by atoms with van der Waals surface area (Å²) < 4.78 is 19.3. The van der Waals surface area contributed by atoms with Crippen molar-refractivity contribution in [3.05, 3.63) is 22.9 Å². The van der Waals surface area contributed by atoms with Crippen LogP contribution >= 0.6 is 27.7 Å². The molecule has 2 aliphatic rings. The zero-order chi connectivity index (χ0) is 26.6. The number of esters is 1. The molecule has 2 aliphatic heterocycles. The first-order valence-electron chi connectivity index (χ1n) is 12.5. The van der Waals surface area contributed by atoms with E-state index in [1.807, 2.05) is 12.1 Å². The number of nitrogen functional groups attached to an aromatic ring is 1. The zero-order valence-corrected chi connectivity index (χ0v) is 23.4. The van der Waals surface area contributed by atoms with Crippen molar-refractivity contribution in [2.45, 2.75) is 42.8 Å². The average molecular weight is 606 g/mol. The van der Waals surface area contributed by atoms with Gasteiger partial charge in [-0.25, -0.2) is 15.0 Å². The summed E-state index contributed by atoms with van der Waals surface area (Å²) in [4.78, 5) is 39.5. The number of anilines is 1. The zero-order valence-electron chi connectivity index (χ0n) is 21.0. The molecular formula is C25H29BrN6O5S. The van der Waals surface area contributed by atoms with Crippen LogP contribution in [0.5, 0.6) is 11.5 Å². The molecule has 5 rings (SSSR count). The predicted molar refractivity (Wildman–Crippen MR) is 144 cm³/mol. The van der Waals surface area contributed by atoms with Gasteiger partial charge in [0, 0.05) is 22.8 Å². The van der Waals surface area contributed by atoms with E-state index in [4.69, 9.17) is 24.9 Å². The Hall–Kier alpha value is -2.90. The first-order valence-corrected chi connectivity index (χ1v) is 14.1. The lowest BCUT2D eigenvalue weighted by Crippen LogP contribution is -2.38. The Morgan fingerprint density at radius 1 is 1.18 bits per heavy atom. The Morgan fingerprint density at radius 2 is 1.92 bits per heavy atom. The summed E-state index contributed by atoms with van der Waals surface area (Å²) in [6, 6.07) is 3.88. The highest BCUT2D eigenvalue weighted by Gasteiger charge is 2.24. The molecule has 3 aromatic rings. The number of imidazole rings is 1. The number of aromatic nitrogens is 4. The summed E-state index contributed by atoms with van der Waals surface area (Å²) in [5, 5.41) is 0.776. The second kappa shape index (κ2) is 11.9. The van der Waals surface area contributed by atoms with Crippen LogP contribution in [0.3, 0.4) is 0 Å². The van der Waals surface area contributed by atoms with Crippen molar-refractivity contribution in [2.24, 2.45) is 5.92 Å². The smallest absolute Gasteiger partial charge is 0.303 e. The number of ether oxygens (including phenoxy) is 3. The number of nitrogens with zero attached hydrogens (tertiary/aromatic N) is 5. The van der Waals surface area contributed by atoms with Gasteiger partial charge in [-0.15, -0.1) is 0 Å². The highest BCUT2D eigenvalue weighted by Crippen LogP contribution is 2.42. The predicted octanol–water partition coefficient (Wildman–Crippen LogP) is 3.33. The van der Waals surface area contributed by atoms with Crippen molar-refractivity contribution in [3.8, 4) is 11.5 Å². The fourth-order valence-corrected chi connectivity index (χ4v) is 6.17. The second-order valence-corrected chi connectivity index (χ2v) is 11.2. The highest BCUT2D eigenvalue weighted by molar-refractivity contribution is 9.10. The molecular weight excluding hydrogens is 576 g/mol. The molecule has 0 bridgehead atoms. The van der Waals surface area contributed by atoms with Crippen LogP contribution in [-0.2, 0) is 20.9 Å². The third kappa shape index (κ3) is 6.21. The van der Waals surface area contributed by atoms with Crippen LogP contribution in [-0.4, -0.2) is 75.6 Å². The molecule has 0 saturated carbocycles. The first-order chi connectivity index (χ1) is 18.4. The van der Waals surface area contributed by atoms with E-state index in [9.17, 15) is 9.59 Å². The number of piperidine rings is 1. The summed E-state index contributed by atoms with van der Waals surface area (Å²) >= 11 is 5.17. The first kappa shape index (κ1) is 26.7. The van der Waals surface area contributed by atoms with E-state index in [2.05, 4.69) is 35.4 Å². The van der Waals surface area contributed by atoms with Gasteiger partial charge in [0.2, 0.25) is 0 Å². The van der Waals surface area contributed by atoms with Crippen molar-refractivity contribution in [1.29, 1.82) is 0 Å². The third-order valence-corrected chi connectivity index (χ3v) is 8.60. The quantitative estimate of drug-likeness (QED) is 0.360. The molecule has 0 unspecified atom stereocenters. The van der Waals surface area contributed by atoms with E-state index in [0.717, 1.165) is 59.2 Å². The van der Waals surface area contributed by atoms with E-state index in [0.29, 0.717) is 48.4 Å². The van der Waals surface area contributed by atoms with Crippen LogP contribution in [0.2, 0.25) is 0 Å². The Labute approximate surface area is 232 Å². The number of carbonyl (C=O) groups is 2. The molecule has 1 fully saturated rings. The number of nitrogens with two attached hydrogens (primary N) is 1. The molecule has 202 valence electrons. The average Bonchev–Trinajstić information content (AvgIpc) is 3.26. The van der Waals surface area contributed by atoms with Gasteiger partial charge in [-0.1, -0.05) is 11.8 Å². The van der Waals surface area contributed by atoms with Crippen LogP contribution in [0, 0.1) is 5.92 Å². The summed E-state index contributed by atoms with van der Waals surface area (Å²) in [7, 11) is 0. The van der Waals surface area contributed by atoms with Crippen LogP contribution in [0.1, 0.15) is 26.2 Å². The molecule has 1 saturated heterocycles. The van der Waals surface area contributed by atoms with E-state index in [-0.39, 0.29) is 12.4 Å². The van der Waals surface area contributed by atoms with Gasteiger partial charge >= 0.3 is 5.97 Å². The summed E-state index contributed by atoms with van der Waals surface area (Å²) in [6.07, 6.45) is 4.39. The number of hydrogen-bond donors (Lipinski definition) is 1. The molecule has 0 radical (unpaired) electrons. The van der Waals surface area contributed by atoms with Gasteiger partial charge in [0.25, 0.3) is 0 Å². The number of ketones is 1. The van der Waals surface area contributed by atoms with Gasteiger partial charge in [-0.2, -0.15) is 0 Å². The standard InChI is InChI=1S/C25H29BrN6O5S/c1-15(33)37-13-17(34)12-31-5-2-16(3-6-31)4-7-32-24-22(23(27)28-14-29-24)30-25(32)38-21-11-20-19(10-18(21)26)35-8-9-36-20/h10-11,14,16H,2-9,12-13H2,1H3,(H2,27,28,29). The lowest BCUT2D eigenvalue weighted by molar-refractivity contribution is -0.146. The maximum atomic E-state index is 12.0. The second-order valence-electron chi connectivity index (χ2n) is 9.33. The van der Waals surface area contributed by atoms with Gasteiger partial charge in [-0.05, 0) is 66.3 Å². The van der Waals surface area contributed by atoms with Gasteiger partial charge in [0.1, 0.15) is 19.5 Å². The van der Waals surface area contributed by atoms with Gasteiger partial charge in [0.15, 0.2) is 46.0 Å². The molecule has 2 N–H and O–H groups in total. The van der Waals surface area contributed by atoms with Crippen molar-refractivity contribution in [2.75, 3.05) is 45.2 Å². The van der Waals surface area contributed by atoms with Crippen molar-refractivity contribution >= 4 is 56.4 Å². The molecule has 0 aliphatic carbocycles. The number of rotatable bonds is 9. The number of benzene rings is 1. The lowest BCUT2D eigenvalue weighted by Gasteiger charge is -2.31.